The van der Waals surface area contributed by atoms with Crippen molar-refractivity contribution >= 4 is 5.97 Å². The predicted molar refractivity (Wildman–Crippen MR) is 72.2 cm³/mol. The maximum Gasteiger partial charge on any atom is 0.348 e. The van der Waals surface area contributed by atoms with E-state index in [0.29, 0.717) is 16.9 Å². The first-order valence-corrected chi connectivity index (χ1v) is 6.29. The van der Waals surface area contributed by atoms with Gasteiger partial charge in [-0.15, -0.1) is 0 Å². The van der Waals surface area contributed by atoms with Crippen LogP contribution in [0.3, 0.4) is 0 Å². The van der Waals surface area contributed by atoms with E-state index >= 15 is 0 Å². The average molecular weight is 270 g/mol. The molecule has 0 spiro atoms. The van der Waals surface area contributed by atoms with Gasteiger partial charge in [-0.1, -0.05) is 36.4 Å². The van der Waals surface area contributed by atoms with Gasteiger partial charge < -0.3 is 14.6 Å². The number of carbonyl (C=O) groups excluding carboxylic acids is 1. The Labute approximate surface area is 116 Å². The van der Waals surface area contributed by atoms with Crippen molar-refractivity contribution in [1.29, 1.82) is 0 Å². The summed E-state index contributed by atoms with van der Waals surface area (Å²) < 4.78 is 10.2. The fourth-order valence-electron chi connectivity index (χ4n) is 2.46. The van der Waals surface area contributed by atoms with Crippen LogP contribution in [-0.2, 0) is 21.7 Å². The molecule has 2 aromatic carbocycles. The van der Waals surface area contributed by atoms with Gasteiger partial charge in [0.25, 0.3) is 0 Å². The second-order valence-electron chi connectivity index (χ2n) is 4.67. The molecule has 1 N–H and O–H groups in total. The number of rotatable bonds is 2. The summed E-state index contributed by atoms with van der Waals surface area (Å²) in [5.74, 6) is 0.0104. The highest BCUT2D eigenvalue weighted by molar-refractivity contribution is 5.87. The van der Waals surface area contributed by atoms with Crippen molar-refractivity contribution in [2.75, 3.05) is 7.11 Å². The summed E-state index contributed by atoms with van der Waals surface area (Å²) in [5.41, 5.74) is 0.0866. The van der Waals surface area contributed by atoms with Crippen molar-refractivity contribution < 1.29 is 19.4 Å². The van der Waals surface area contributed by atoms with E-state index in [2.05, 4.69) is 0 Å². The van der Waals surface area contributed by atoms with Crippen LogP contribution in [-0.4, -0.2) is 18.2 Å². The second-order valence-corrected chi connectivity index (χ2v) is 4.67. The molecule has 0 bridgehead atoms. The molecule has 0 radical (unpaired) electrons. The molecule has 0 saturated carbocycles. The van der Waals surface area contributed by atoms with Gasteiger partial charge in [-0.05, 0) is 23.3 Å². The van der Waals surface area contributed by atoms with Crippen molar-refractivity contribution in [2.24, 2.45) is 0 Å². The fraction of sp³-hybridized carbons (Fsp3) is 0.188. The summed E-state index contributed by atoms with van der Waals surface area (Å²) in [5, 5.41) is 10.9. The quantitative estimate of drug-likeness (QED) is 0.848. The fourth-order valence-corrected chi connectivity index (χ4v) is 2.46. The highest BCUT2D eigenvalue weighted by atomic mass is 16.6. The molecule has 0 fully saturated rings. The van der Waals surface area contributed by atoms with Crippen LogP contribution < -0.4 is 4.74 Å². The van der Waals surface area contributed by atoms with Gasteiger partial charge >= 0.3 is 5.97 Å². The van der Waals surface area contributed by atoms with E-state index in [9.17, 15) is 9.90 Å². The number of methoxy groups -OCH3 is 1. The summed E-state index contributed by atoms with van der Waals surface area (Å²) in [6.07, 6.45) is 0. The van der Waals surface area contributed by atoms with E-state index in [1.54, 1.807) is 43.5 Å². The van der Waals surface area contributed by atoms with Gasteiger partial charge in [-0.25, -0.2) is 4.79 Å². The van der Waals surface area contributed by atoms with E-state index in [1.807, 2.05) is 12.1 Å². The van der Waals surface area contributed by atoms with Crippen LogP contribution in [0.1, 0.15) is 16.7 Å². The van der Waals surface area contributed by atoms with Crippen LogP contribution in [0.4, 0.5) is 0 Å². The van der Waals surface area contributed by atoms with Crippen LogP contribution in [0, 0.1) is 0 Å². The first kappa shape index (κ1) is 12.7. The second kappa shape index (κ2) is 4.65. The van der Waals surface area contributed by atoms with Gasteiger partial charge in [0.1, 0.15) is 12.4 Å². The number of carbonyl (C=O) groups is 1. The molecule has 1 aliphatic rings. The highest BCUT2D eigenvalue weighted by Crippen LogP contribution is 2.37. The number of benzene rings is 2. The number of cyclic esters (lactones) is 1. The minimum atomic E-state index is -1.76. The van der Waals surface area contributed by atoms with E-state index in [0.717, 1.165) is 5.56 Å². The maximum atomic E-state index is 12.1. The number of esters is 1. The molecular formula is C16H14O4. The molecule has 1 heterocycles. The molecule has 0 aromatic heterocycles. The molecule has 4 heteroatoms. The summed E-state index contributed by atoms with van der Waals surface area (Å²) in [7, 11) is 1.56. The molecule has 1 aliphatic heterocycles. The predicted octanol–water partition coefficient (Wildman–Crippen LogP) is 1.99. The van der Waals surface area contributed by atoms with Crippen molar-refractivity contribution in [3.8, 4) is 5.75 Å². The lowest BCUT2D eigenvalue weighted by atomic mass is 9.82. The van der Waals surface area contributed by atoms with Crippen LogP contribution >= 0.6 is 0 Å². The number of ether oxygens (including phenoxy) is 2. The number of hydrogen-bond donors (Lipinski definition) is 1. The lowest BCUT2D eigenvalue weighted by Gasteiger charge is -2.32. The molecule has 2 aromatic rings. The Morgan fingerprint density at radius 2 is 1.85 bits per heavy atom. The largest absolute Gasteiger partial charge is 0.497 e. The molecule has 20 heavy (non-hydrogen) atoms. The molecule has 3 rings (SSSR count). The molecule has 4 nitrogen and oxygen atoms in total. The molecular weight excluding hydrogens is 256 g/mol. The Hall–Kier alpha value is -2.33. The normalized spacial score (nSPS) is 21.0. The summed E-state index contributed by atoms with van der Waals surface area (Å²) >= 11 is 0. The molecule has 0 aliphatic carbocycles. The first-order chi connectivity index (χ1) is 9.66. The Morgan fingerprint density at radius 1 is 1.15 bits per heavy atom. The van der Waals surface area contributed by atoms with Crippen LogP contribution in [0.2, 0.25) is 0 Å². The van der Waals surface area contributed by atoms with Crippen molar-refractivity contribution in [2.45, 2.75) is 12.2 Å². The van der Waals surface area contributed by atoms with Gasteiger partial charge in [0.05, 0.1) is 7.11 Å². The zero-order valence-corrected chi connectivity index (χ0v) is 11.0. The standard InChI is InChI=1S/C16H14O4/c1-19-13-8-6-12(7-9-13)16(18)14-5-3-2-4-11(14)10-20-15(16)17/h2-9,18H,10H2,1H3/t16-/m0/s1. The Balaban J connectivity index is 2.15. The zero-order valence-electron chi connectivity index (χ0n) is 11.0. The van der Waals surface area contributed by atoms with E-state index in [1.165, 1.54) is 0 Å². The van der Waals surface area contributed by atoms with Gasteiger partial charge in [-0.2, -0.15) is 0 Å². The minimum Gasteiger partial charge on any atom is -0.497 e. The monoisotopic (exact) mass is 270 g/mol. The molecule has 0 amide bonds. The molecule has 0 unspecified atom stereocenters. The van der Waals surface area contributed by atoms with Crippen LogP contribution in [0.5, 0.6) is 5.75 Å². The third kappa shape index (κ3) is 1.77. The average Bonchev–Trinajstić information content (AvgIpc) is 2.51. The lowest BCUT2D eigenvalue weighted by molar-refractivity contribution is -0.166. The third-order valence-electron chi connectivity index (χ3n) is 3.57. The van der Waals surface area contributed by atoms with Gasteiger partial charge in [0.2, 0.25) is 5.60 Å². The third-order valence-corrected chi connectivity index (χ3v) is 3.57. The topological polar surface area (TPSA) is 55.8 Å². The number of hydrogen-bond acceptors (Lipinski definition) is 4. The van der Waals surface area contributed by atoms with E-state index in [-0.39, 0.29) is 6.61 Å². The van der Waals surface area contributed by atoms with E-state index in [4.69, 9.17) is 9.47 Å². The Kier molecular flexibility index (Phi) is 2.95. The smallest absolute Gasteiger partial charge is 0.348 e. The maximum absolute atomic E-state index is 12.1. The number of fused-ring (bicyclic) bond motifs is 1. The number of aliphatic hydroxyl groups is 1. The van der Waals surface area contributed by atoms with Gasteiger partial charge in [0.15, 0.2) is 0 Å². The van der Waals surface area contributed by atoms with Gasteiger partial charge in [-0.3, -0.25) is 0 Å². The highest BCUT2D eigenvalue weighted by Gasteiger charge is 2.45. The Morgan fingerprint density at radius 3 is 2.55 bits per heavy atom. The van der Waals surface area contributed by atoms with Crippen molar-refractivity contribution in [3.63, 3.8) is 0 Å². The van der Waals surface area contributed by atoms with Crippen LogP contribution in [0.25, 0.3) is 0 Å². The minimum absolute atomic E-state index is 0.188. The van der Waals surface area contributed by atoms with Gasteiger partial charge in [0, 0.05) is 5.56 Å². The summed E-state index contributed by atoms with van der Waals surface area (Å²) in [6, 6.07) is 14.0. The molecule has 1 atom stereocenters. The summed E-state index contributed by atoms with van der Waals surface area (Å²) in [4.78, 5) is 12.1. The SMILES string of the molecule is COc1ccc([C@@]2(O)C(=O)OCc3ccccc32)cc1. The van der Waals surface area contributed by atoms with Crippen molar-refractivity contribution in [3.05, 3.63) is 65.2 Å². The van der Waals surface area contributed by atoms with E-state index < -0.39 is 11.6 Å². The zero-order chi connectivity index (χ0) is 14.2. The molecule has 102 valence electrons. The summed E-state index contributed by atoms with van der Waals surface area (Å²) in [6.45, 7) is 0.188. The lowest BCUT2D eigenvalue weighted by Crippen LogP contribution is -2.42. The molecule has 0 saturated heterocycles. The Bertz CT molecular complexity index is 648. The first-order valence-electron chi connectivity index (χ1n) is 6.29. The van der Waals surface area contributed by atoms with Crippen molar-refractivity contribution in [1.82, 2.24) is 0 Å². The van der Waals surface area contributed by atoms with Crippen LogP contribution in [0.15, 0.2) is 48.5 Å².